The summed E-state index contributed by atoms with van der Waals surface area (Å²) in [5.41, 5.74) is 2.69. The van der Waals surface area contributed by atoms with E-state index in [4.69, 9.17) is 0 Å². The maximum atomic E-state index is 12.2. The molecule has 2 heterocycles. The number of H-pyrrole nitrogens is 1. The number of aromatic hydroxyl groups is 1. The van der Waals surface area contributed by atoms with Gasteiger partial charge in [0.1, 0.15) is 22.6 Å². The van der Waals surface area contributed by atoms with Crippen LogP contribution in [0.5, 0.6) is 5.75 Å². The van der Waals surface area contributed by atoms with Crippen molar-refractivity contribution < 1.29 is 5.11 Å². The predicted molar refractivity (Wildman–Crippen MR) is 82.6 cm³/mol. The molecular weight excluding hydrogens is 280 g/mol. The second-order valence-corrected chi connectivity index (χ2v) is 5.99. The number of nitrogens with zero attached hydrogens (tertiary/aromatic N) is 3. The highest BCUT2D eigenvalue weighted by atomic mass is 16.3. The molecule has 0 unspecified atom stereocenters. The fourth-order valence-corrected chi connectivity index (χ4v) is 2.83. The molecule has 0 radical (unpaired) electrons. The number of nitrogens with one attached hydrogen (secondary N) is 1. The Hall–Kier alpha value is -2.63. The van der Waals surface area contributed by atoms with Crippen molar-refractivity contribution in [3.8, 4) is 11.4 Å². The molecule has 1 aromatic carbocycles. The molecule has 1 aliphatic rings. The standard InChI is InChI=1S/C16H16N4O2/c1-8-5-9(2)13(12(21)6-8)20-7-11-15(19-20)17-14(10-3-4-10)18-16(11)22/h5-7,10,21H,3-4H2,1-2H3,(H,17,18,19,22). The first-order valence-corrected chi connectivity index (χ1v) is 7.33. The number of fused-ring (bicyclic) bond motifs is 1. The van der Waals surface area contributed by atoms with Crippen LogP contribution in [-0.4, -0.2) is 24.9 Å². The second-order valence-electron chi connectivity index (χ2n) is 5.99. The molecule has 112 valence electrons. The van der Waals surface area contributed by atoms with Gasteiger partial charge in [0.2, 0.25) is 0 Å². The quantitative estimate of drug-likeness (QED) is 0.760. The van der Waals surface area contributed by atoms with Gasteiger partial charge in [-0.15, -0.1) is 5.10 Å². The maximum absolute atomic E-state index is 12.2. The van der Waals surface area contributed by atoms with E-state index in [1.807, 2.05) is 19.9 Å². The highest BCUT2D eigenvalue weighted by molar-refractivity contribution is 5.74. The molecule has 0 atom stereocenters. The Morgan fingerprint density at radius 1 is 1.32 bits per heavy atom. The lowest BCUT2D eigenvalue weighted by atomic mass is 10.1. The lowest BCUT2D eigenvalue weighted by Gasteiger charge is -2.09. The Labute approximate surface area is 126 Å². The van der Waals surface area contributed by atoms with Crippen LogP contribution in [0.25, 0.3) is 16.7 Å². The van der Waals surface area contributed by atoms with Gasteiger partial charge < -0.3 is 10.1 Å². The van der Waals surface area contributed by atoms with E-state index >= 15 is 0 Å². The van der Waals surface area contributed by atoms with Crippen molar-refractivity contribution in [2.75, 3.05) is 0 Å². The highest BCUT2D eigenvalue weighted by Gasteiger charge is 2.27. The Bertz CT molecular complexity index is 927. The Morgan fingerprint density at radius 3 is 2.77 bits per heavy atom. The molecule has 6 heteroatoms. The minimum absolute atomic E-state index is 0.143. The highest BCUT2D eigenvalue weighted by Crippen LogP contribution is 2.37. The number of rotatable bonds is 2. The van der Waals surface area contributed by atoms with Gasteiger partial charge in [-0.3, -0.25) is 4.79 Å². The number of aryl methyl sites for hydroxylation is 2. The van der Waals surface area contributed by atoms with E-state index in [1.165, 1.54) is 4.68 Å². The Balaban J connectivity index is 1.93. The SMILES string of the molecule is Cc1cc(C)c(-n2cc3c(=O)[nH]c(C4CC4)nc3n2)c(O)c1. The zero-order valence-electron chi connectivity index (χ0n) is 12.4. The van der Waals surface area contributed by atoms with Gasteiger partial charge in [-0.2, -0.15) is 0 Å². The van der Waals surface area contributed by atoms with Crippen LogP contribution in [0.2, 0.25) is 0 Å². The van der Waals surface area contributed by atoms with Crippen molar-refractivity contribution in [1.82, 2.24) is 19.7 Å². The maximum Gasteiger partial charge on any atom is 0.262 e. The number of benzene rings is 1. The number of phenolic OH excluding ortho intramolecular Hbond substituents is 1. The number of aromatic amines is 1. The summed E-state index contributed by atoms with van der Waals surface area (Å²) in [5, 5.41) is 15.0. The zero-order chi connectivity index (χ0) is 15.4. The molecule has 0 bridgehead atoms. The number of hydrogen-bond donors (Lipinski definition) is 2. The normalized spacial score (nSPS) is 14.6. The van der Waals surface area contributed by atoms with Crippen molar-refractivity contribution in [2.24, 2.45) is 0 Å². The summed E-state index contributed by atoms with van der Waals surface area (Å²) in [4.78, 5) is 19.5. The first-order chi connectivity index (χ1) is 10.5. The molecule has 1 aliphatic carbocycles. The van der Waals surface area contributed by atoms with Gasteiger partial charge in [0.05, 0.1) is 0 Å². The van der Waals surface area contributed by atoms with Gasteiger partial charge in [-0.05, 0) is 43.9 Å². The summed E-state index contributed by atoms with van der Waals surface area (Å²) in [6, 6.07) is 3.65. The van der Waals surface area contributed by atoms with E-state index in [2.05, 4.69) is 15.1 Å². The van der Waals surface area contributed by atoms with Gasteiger partial charge in [0.15, 0.2) is 5.65 Å². The lowest BCUT2D eigenvalue weighted by molar-refractivity contribution is 0.469. The predicted octanol–water partition coefficient (Wildman–Crippen LogP) is 2.31. The molecule has 0 saturated heterocycles. The average molecular weight is 296 g/mol. The third-order valence-corrected chi connectivity index (χ3v) is 4.03. The number of hydrogen-bond acceptors (Lipinski definition) is 4. The largest absolute Gasteiger partial charge is 0.506 e. The summed E-state index contributed by atoms with van der Waals surface area (Å²) in [6.07, 6.45) is 3.75. The molecule has 1 fully saturated rings. The van der Waals surface area contributed by atoms with Gasteiger partial charge in [-0.1, -0.05) is 6.07 Å². The van der Waals surface area contributed by atoms with Crippen LogP contribution in [0, 0.1) is 13.8 Å². The average Bonchev–Trinajstić information content (AvgIpc) is 3.18. The van der Waals surface area contributed by atoms with Crippen molar-refractivity contribution in [1.29, 1.82) is 0 Å². The molecule has 4 rings (SSSR count). The topological polar surface area (TPSA) is 83.8 Å². The van der Waals surface area contributed by atoms with Crippen molar-refractivity contribution in [3.05, 3.63) is 45.6 Å². The van der Waals surface area contributed by atoms with E-state index in [9.17, 15) is 9.90 Å². The zero-order valence-corrected chi connectivity index (χ0v) is 12.4. The smallest absolute Gasteiger partial charge is 0.262 e. The van der Waals surface area contributed by atoms with E-state index in [1.54, 1.807) is 12.3 Å². The van der Waals surface area contributed by atoms with Crippen molar-refractivity contribution in [2.45, 2.75) is 32.6 Å². The van der Waals surface area contributed by atoms with Crippen molar-refractivity contribution >= 4 is 11.0 Å². The molecular formula is C16H16N4O2. The summed E-state index contributed by atoms with van der Waals surface area (Å²) in [5.74, 6) is 1.22. The summed E-state index contributed by atoms with van der Waals surface area (Å²) in [7, 11) is 0. The van der Waals surface area contributed by atoms with Crippen molar-refractivity contribution in [3.63, 3.8) is 0 Å². The molecule has 0 amide bonds. The van der Waals surface area contributed by atoms with Crippen LogP contribution >= 0.6 is 0 Å². The van der Waals surface area contributed by atoms with Crippen LogP contribution < -0.4 is 5.56 Å². The fourth-order valence-electron chi connectivity index (χ4n) is 2.83. The van der Waals surface area contributed by atoms with Gasteiger partial charge >= 0.3 is 0 Å². The van der Waals surface area contributed by atoms with Gasteiger partial charge in [0.25, 0.3) is 5.56 Å². The van der Waals surface area contributed by atoms with Crippen LogP contribution in [-0.2, 0) is 0 Å². The monoisotopic (exact) mass is 296 g/mol. The molecule has 2 aromatic heterocycles. The third kappa shape index (κ3) is 1.99. The molecule has 2 N–H and O–H groups in total. The molecule has 3 aromatic rings. The fraction of sp³-hybridized carbons (Fsp3) is 0.312. The van der Waals surface area contributed by atoms with E-state index < -0.39 is 0 Å². The van der Waals surface area contributed by atoms with Gasteiger partial charge in [0, 0.05) is 12.1 Å². The Morgan fingerprint density at radius 2 is 2.09 bits per heavy atom. The molecule has 22 heavy (non-hydrogen) atoms. The Kier molecular flexibility index (Phi) is 2.63. The second kappa shape index (κ2) is 4.43. The third-order valence-electron chi connectivity index (χ3n) is 4.03. The summed E-state index contributed by atoms with van der Waals surface area (Å²) < 4.78 is 1.54. The number of phenols is 1. The van der Waals surface area contributed by atoms with E-state index in [0.29, 0.717) is 28.5 Å². The van der Waals surface area contributed by atoms with Crippen LogP contribution in [0.15, 0.2) is 23.1 Å². The van der Waals surface area contributed by atoms with Crippen LogP contribution in [0.1, 0.15) is 35.7 Å². The van der Waals surface area contributed by atoms with E-state index in [-0.39, 0.29) is 11.3 Å². The first-order valence-electron chi connectivity index (χ1n) is 7.33. The number of aromatic nitrogens is 4. The molecule has 0 spiro atoms. The van der Waals surface area contributed by atoms with E-state index in [0.717, 1.165) is 24.0 Å². The molecule has 6 nitrogen and oxygen atoms in total. The minimum Gasteiger partial charge on any atom is -0.506 e. The van der Waals surface area contributed by atoms with Crippen LogP contribution in [0.4, 0.5) is 0 Å². The van der Waals surface area contributed by atoms with Gasteiger partial charge in [-0.25, -0.2) is 9.67 Å². The molecule has 1 saturated carbocycles. The lowest BCUT2D eigenvalue weighted by Crippen LogP contribution is -2.10. The summed E-state index contributed by atoms with van der Waals surface area (Å²) >= 11 is 0. The summed E-state index contributed by atoms with van der Waals surface area (Å²) in [6.45, 7) is 3.83. The first kappa shape index (κ1) is 13.1. The molecule has 0 aliphatic heterocycles. The minimum atomic E-state index is -0.178. The van der Waals surface area contributed by atoms with Crippen LogP contribution in [0.3, 0.4) is 0 Å².